The Morgan fingerprint density at radius 1 is 1.21 bits per heavy atom. The van der Waals surface area contributed by atoms with Crippen LogP contribution in [0.3, 0.4) is 0 Å². The zero-order valence-corrected chi connectivity index (χ0v) is 16.0. The molecule has 1 aromatic carbocycles. The van der Waals surface area contributed by atoms with Gasteiger partial charge in [0.15, 0.2) is 17.3 Å². The highest BCUT2D eigenvalue weighted by atomic mass is 15.3. The van der Waals surface area contributed by atoms with E-state index >= 15 is 0 Å². The molecule has 142 valence electrons. The molecule has 0 spiro atoms. The van der Waals surface area contributed by atoms with Gasteiger partial charge in [-0.05, 0) is 44.8 Å². The number of rotatable bonds is 4. The maximum absolute atomic E-state index is 9.40. The van der Waals surface area contributed by atoms with Gasteiger partial charge in [-0.2, -0.15) is 5.26 Å². The summed E-state index contributed by atoms with van der Waals surface area (Å²) in [6, 6.07) is 10.9. The predicted molar refractivity (Wildman–Crippen MR) is 107 cm³/mol. The third-order valence-corrected chi connectivity index (χ3v) is 5.95. The Morgan fingerprint density at radius 3 is 2.75 bits per heavy atom. The van der Waals surface area contributed by atoms with E-state index in [0.717, 1.165) is 60.8 Å². The molecule has 3 heterocycles. The number of nitrogens with zero attached hydrogens (tertiary/aromatic N) is 6. The van der Waals surface area contributed by atoms with Crippen molar-refractivity contribution < 1.29 is 0 Å². The third-order valence-electron chi connectivity index (χ3n) is 5.95. The van der Waals surface area contributed by atoms with Gasteiger partial charge in [0.05, 0.1) is 11.5 Å². The maximum atomic E-state index is 9.40. The van der Waals surface area contributed by atoms with Crippen LogP contribution in [0.1, 0.15) is 31.2 Å². The summed E-state index contributed by atoms with van der Waals surface area (Å²) in [7, 11) is 2.15. The minimum Gasteiger partial charge on any atom is -0.361 e. The highest BCUT2D eigenvalue weighted by Crippen LogP contribution is 2.47. The number of fused-ring (bicyclic) bond motifs is 1. The monoisotopic (exact) mass is 373 g/mol. The zero-order chi connectivity index (χ0) is 19.1. The van der Waals surface area contributed by atoms with Crippen LogP contribution in [0.5, 0.6) is 0 Å². The highest BCUT2D eigenvalue weighted by molar-refractivity contribution is 5.68. The quantitative estimate of drug-likeness (QED) is 0.757. The van der Waals surface area contributed by atoms with Crippen molar-refractivity contribution in [3.8, 4) is 17.5 Å². The van der Waals surface area contributed by atoms with E-state index in [4.69, 9.17) is 0 Å². The molecule has 7 heteroatoms. The molecule has 1 N–H and O–H groups in total. The molecule has 1 atom stereocenters. The van der Waals surface area contributed by atoms with Crippen LogP contribution in [0.15, 0.2) is 36.7 Å². The Bertz CT molecular complexity index is 1040. The van der Waals surface area contributed by atoms with E-state index in [1.807, 2.05) is 34.9 Å². The molecule has 2 aromatic heterocycles. The Labute approximate surface area is 164 Å². The van der Waals surface area contributed by atoms with Crippen molar-refractivity contribution in [2.24, 2.45) is 0 Å². The molecular weight excluding hydrogens is 350 g/mol. The first-order chi connectivity index (χ1) is 13.7. The highest BCUT2D eigenvalue weighted by Gasteiger charge is 2.44. The molecule has 7 nitrogen and oxygen atoms in total. The summed E-state index contributed by atoms with van der Waals surface area (Å²) in [5.74, 6) is 1.49. The van der Waals surface area contributed by atoms with E-state index in [1.165, 1.54) is 6.42 Å². The second-order valence-electron chi connectivity index (χ2n) is 8.01. The fraction of sp³-hybridized carbons (Fsp3) is 0.429. The Kier molecular flexibility index (Phi) is 4.02. The number of nitriles is 1. The lowest BCUT2D eigenvalue weighted by Crippen LogP contribution is -2.40. The van der Waals surface area contributed by atoms with Crippen molar-refractivity contribution in [1.29, 1.82) is 5.26 Å². The minimum atomic E-state index is -0.268. The fourth-order valence-electron chi connectivity index (χ4n) is 4.14. The van der Waals surface area contributed by atoms with Gasteiger partial charge in [0, 0.05) is 30.5 Å². The molecule has 1 saturated carbocycles. The average molecular weight is 373 g/mol. The van der Waals surface area contributed by atoms with Crippen LogP contribution in [0.4, 0.5) is 5.82 Å². The molecule has 2 aliphatic rings. The van der Waals surface area contributed by atoms with Crippen molar-refractivity contribution in [3.05, 3.63) is 42.2 Å². The van der Waals surface area contributed by atoms with Crippen molar-refractivity contribution in [1.82, 2.24) is 24.5 Å². The van der Waals surface area contributed by atoms with Gasteiger partial charge in [0.1, 0.15) is 0 Å². The predicted octanol–water partition coefficient (Wildman–Crippen LogP) is 2.85. The van der Waals surface area contributed by atoms with Crippen molar-refractivity contribution in [2.45, 2.75) is 37.1 Å². The number of piperidine rings is 1. The standard InChI is InChI=1S/C21H23N7/c1-27-11-2-3-17(13-27)24-18-20-23-10-12-28(20)19(26-25-18)15-4-6-16(7-5-15)21(14-22)8-9-21/h4-7,10,12,17H,2-3,8-9,11,13H2,1H3,(H,24,25)/t17-/m1/s1. The number of hydrogen-bond acceptors (Lipinski definition) is 6. The molecule has 3 aromatic rings. The first-order valence-electron chi connectivity index (χ1n) is 9.85. The first-order valence-corrected chi connectivity index (χ1v) is 9.85. The first kappa shape index (κ1) is 17.1. The van der Waals surface area contributed by atoms with Gasteiger partial charge in [-0.3, -0.25) is 4.40 Å². The van der Waals surface area contributed by atoms with Crippen LogP contribution >= 0.6 is 0 Å². The number of likely N-dealkylation sites (tertiary alicyclic amines) is 1. The maximum Gasteiger partial charge on any atom is 0.192 e. The second-order valence-corrected chi connectivity index (χ2v) is 8.01. The van der Waals surface area contributed by atoms with Crippen LogP contribution in [-0.2, 0) is 5.41 Å². The minimum absolute atomic E-state index is 0.268. The van der Waals surface area contributed by atoms with Gasteiger partial charge in [-0.25, -0.2) is 4.98 Å². The van der Waals surface area contributed by atoms with E-state index in [9.17, 15) is 5.26 Å². The van der Waals surface area contributed by atoms with E-state index in [-0.39, 0.29) is 5.41 Å². The lowest BCUT2D eigenvalue weighted by molar-refractivity contribution is 0.260. The summed E-state index contributed by atoms with van der Waals surface area (Å²) >= 11 is 0. The summed E-state index contributed by atoms with van der Waals surface area (Å²) in [4.78, 5) is 6.85. The summed E-state index contributed by atoms with van der Waals surface area (Å²) in [6.07, 6.45) is 7.91. The number of hydrogen-bond donors (Lipinski definition) is 1. The van der Waals surface area contributed by atoms with Crippen molar-refractivity contribution in [2.75, 3.05) is 25.5 Å². The Hall–Kier alpha value is -2.98. The third kappa shape index (κ3) is 2.90. The Morgan fingerprint density at radius 2 is 2.04 bits per heavy atom. The molecule has 0 unspecified atom stereocenters. The summed E-state index contributed by atoms with van der Waals surface area (Å²) in [5.41, 5.74) is 2.58. The molecule has 0 amide bonds. The SMILES string of the molecule is CN1CCC[C@@H](Nc2nnc(-c3ccc(C4(C#N)CC4)cc3)n3ccnc23)C1. The van der Waals surface area contributed by atoms with Crippen molar-refractivity contribution in [3.63, 3.8) is 0 Å². The molecule has 28 heavy (non-hydrogen) atoms. The number of benzene rings is 1. The van der Waals surface area contributed by atoms with Crippen LogP contribution in [0, 0.1) is 11.3 Å². The Balaban J connectivity index is 1.45. The van der Waals surface area contributed by atoms with E-state index in [0.29, 0.717) is 6.04 Å². The number of aromatic nitrogens is 4. The smallest absolute Gasteiger partial charge is 0.192 e. The lowest BCUT2D eigenvalue weighted by atomic mass is 9.96. The second kappa shape index (κ2) is 6.57. The van der Waals surface area contributed by atoms with E-state index in [1.54, 1.807) is 6.20 Å². The van der Waals surface area contributed by atoms with Gasteiger partial charge in [-0.15, -0.1) is 10.2 Å². The molecule has 1 aliphatic carbocycles. The molecule has 5 rings (SSSR count). The molecule has 0 radical (unpaired) electrons. The van der Waals surface area contributed by atoms with Crippen LogP contribution in [-0.4, -0.2) is 50.7 Å². The average Bonchev–Trinajstić information content (AvgIpc) is 3.36. The van der Waals surface area contributed by atoms with E-state index < -0.39 is 0 Å². The molecular formula is C21H23N7. The van der Waals surface area contributed by atoms with Crippen LogP contribution < -0.4 is 5.32 Å². The largest absolute Gasteiger partial charge is 0.361 e. The molecule has 1 aliphatic heterocycles. The number of imidazole rings is 1. The summed E-state index contributed by atoms with van der Waals surface area (Å²) < 4.78 is 1.98. The van der Waals surface area contributed by atoms with Crippen molar-refractivity contribution >= 4 is 11.5 Å². The van der Waals surface area contributed by atoms with E-state index in [2.05, 4.69) is 38.5 Å². The normalized spacial score (nSPS) is 21.4. The molecule has 0 bridgehead atoms. The summed E-state index contributed by atoms with van der Waals surface area (Å²) in [5, 5.41) is 21.9. The van der Waals surface area contributed by atoms with Crippen LogP contribution in [0.25, 0.3) is 17.0 Å². The van der Waals surface area contributed by atoms with Crippen LogP contribution in [0.2, 0.25) is 0 Å². The summed E-state index contributed by atoms with van der Waals surface area (Å²) in [6.45, 7) is 2.14. The van der Waals surface area contributed by atoms with Gasteiger partial charge in [-0.1, -0.05) is 24.3 Å². The number of likely N-dealkylation sites (N-methyl/N-ethyl adjacent to an activating group) is 1. The topological polar surface area (TPSA) is 82.1 Å². The zero-order valence-electron chi connectivity index (χ0n) is 16.0. The van der Waals surface area contributed by atoms with Gasteiger partial charge in [0.25, 0.3) is 0 Å². The van der Waals surface area contributed by atoms with Gasteiger partial charge < -0.3 is 10.2 Å². The lowest BCUT2D eigenvalue weighted by Gasteiger charge is -2.30. The molecule has 1 saturated heterocycles. The number of nitrogens with one attached hydrogen (secondary N) is 1. The fourth-order valence-corrected chi connectivity index (χ4v) is 4.14. The number of anilines is 1. The van der Waals surface area contributed by atoms with Gasteiger partial charge >= 0.3 is 0 Å². The van der Waals surface area contributed by atoms with Gasteiger partial charge in [0.2, 0.25) is 0 Å². The molecule has 2 fully saturated rings.